The van der Waals surface area contributed by atoms with Crippen LogP contribution in [0.1, 0.15) is 33.1 Å². The van der Waals surface area contributed by atoms with E-state index in [0.29, 0.717) is 0 Å². The van der Waals surface area contributed by atoms with Gasteiger partial charge in [-0.15, -0.1) is 0 Å². The minimum Gasteiger partial charge on any atom is -0.352 e. The Balaban J connectivity index is 1.87. The summed E-state index contributed by atoms with van der Waals surface area (Å²) in [5.41, 5.74) is 0.138. The summed E-state index contributed by atoms with van der Waals surface area (Å²) in [5.74, 6) is 0.200. The molecular formula is C12H21N3O2. The van der Waals surface area contributed by atoms with Crippen molar-refractivity contribution in [2.24, 2.45) is 0 Å². The van der Waals surface area contributed by atoms with Gasteiger partial charge in [0.2, 0.25) is 11.8 Å². The smallest absolute Gasteiger partial charge is 0.219 e. The molecular weight excluding hydrogens is 218 g/mol. The molecule has 2 saturated heterocycles. The highest BCUT2D eigenvalue weighted by molar-refractivity contribution is 5.73. The van der Waals surface area contributed by atoms with E-state index in [4.69, 9.17) is 0 Å². The van der Waals surface area contributed by atoms with Crippen LogP contribution in [0, 0.1) is 0 Å². The highest BCUT2D eigenvalue weighted by atomic mass is 16.2. The summed E-state index contributed by atoms with van der Waals surface area (Å²) in [7, 11) is 0. The van der Waals surface area contributed by atoms with Crippen molar-refractivity contribution >= 4 is 11.8 Å². The van der Waals surface area contributed by atoms with E-state index in [-0.39, 0.29) is 23.4 Å². The van der Waals surface area contributed by atoms with Gasteiger partial charge >= 0.3 is 0 Å². The molecule has 5 heteroatoms. The monoisotopic (exact) mass is 239 g/mol. The number of likely N-dealkylation sites (tertiary alicyclic amines) is 1. The average molecular weight is 239 g/mol. The van der Waals surface area contributed by atoms with E-state index in [2.05, 4.69) is 10.6 Å². The van der Waals surface area contributed by atoms with Crippen LogP contribution < -0.4 is 10.6 Å². The number of rotatable bonds is 1. The lowest BCUT2D eigenvalue weighted by atomic mass is 9.85. The lowest BCUT2D eigenvalue weighted by Crippen LogP contribution is -2.51. The zero-order valence-electron chi connectivity index (χ0n) is 10.6. The molecule has 2 amide bonds. The molecule has 2 heterocycles. The predicted molar refractivity (Wildman–Crippen MR) is 64.4 cm³/mol. The first kappa shape index (κ1) is 12.4. The van der Waals surface area contributed by atoms with Crippen LogP contribution in [0.5, 0.6) is 0 Å². The van der Waals surface area contributed by atoms with Crippen molar-refractivity contribution in [2.45, 2.75) is 44.7 Å². The van der Waals surface area contributed by atoms with Crippen molar-refractivity contribution < 1.29 is 9.59 Å². The molecule has 1 atom stereocenters. The first-order valence-electron chi connectivity index (χ1n) is 6.28. The molecule has 96 valence electrons. The van der Waals surface area contributed by atoms with Gasteiger partial charge in [0.1, 0.15) is 0 Å². The van der Waals surface area contributed by atoms with E-state index >= 15 is 0 Å². The van der Waals surface area contributed by atoms with Crippen molar-refractivity contribution in [3.63, 3.8) is 0 Å². The lowest BCUT2D eigenvalue weighted by molar-refractivity contribution is -0.130. The molecule has 2 rings (SSSR count). The molecule has 2 aliphatic heterocycles. The van der Waals surface area contributed by atoms with Crippen LogP contribution in [0.4, 0.5) is 0 Å². The molecule has 2 N–H and O–H groups in total. The summed E-state index contributed by atoms with van der Waals surface area (Å²) < 4.78 is 0. The largest absolute Gasteiger partial charge is 0.352 e. The van der Waals surface area contributed by atoms with E-state index in [1.54, 1.807) is 13.8 Å². The summed E-state index contributed by atoms with van der Waals surface area (Å²) in [6, 6.07) is 0.247. The van der Waals surface area contributed by atoms with Gasteiger partial charge in [0, 0.05) is 45.1 Å². The molecule has 1 spiro atoms. The maximum atomic E-state index is 11.3. The minimum atomic E-state index is 0.0371. The number of carbonyl (C=O) groups excluding carboxylic acids is 2. The zero-order valence-corrected chi connectivity index (χ0v) is 10.6. The van der Waals surface area contributed by atoms with Gasteiger partial charge in [-0.05, 0) is 19.3 Å². The first-order valence-corrected chi connectivity index (χ1v) is 6.28. The first-order chi connectivity index (χ1) is 8.01. The Morgan fingerprint density at radius 3 is 2.47 bits per heavy atom. The maximum absolute atomic E-state index is 11.3. The molecule has 0 aromatic carbocycles. The second-order valence-electron chi connectivity index (χ2n) is 5.27. The van der Waals surface area contributed by atoms with Gasteiger partial charge in [-0.1, -0.05) is 0 Å². The van der Waals surface area contributed by atoms with Crippen molar-refractivity contribution in [3.8, 4) is 0 Å². The summed E-state index contributed by atoms with van der Waals surface area (Å²) in [6.07, 6.45) is 2.96. The molecule has 17 heavy (non-hydrogen) atoms. The molecule has 0 bridgehead atoms. The van der Waals surface area contributed by atoms with E-state index in [1.807, 2.05) is 4.90 Å². The van der Waals surface area contributed by atoms with Crippen molar-refractivity contribution in [1.29, 1.82) is 0 Å². The van der Waals surface area contributed by atoms with Gasteiger partial charge in [-0.3, -0.25) is 9.59 Å². The van der Waals surface area contributed by atoms with Crippen LogP contribution in [0.3, 0.4) is 0 Å². The zero-order chi connectivity index (χ0) is 12.5. The van der Waals surface area contributed by atoms with E-state index in [9.17, 15) is 9.59 Å². The number of hydrogen-bond acceptors (Lipinski definition) is 3. The molecule has 2 aliphatic rings. The van der Waals surface area contributed by atoms with Gasteiger partial charge < -0.3 is 15.5 Å². The van der Waals surface area contributed by atoms with Gasteiger partial charge in [0.25, 0.3) is 0 Å². The normalized spacial score (nSPS) is 27.2. The predicted octanol–water partition coefficient (Wildman–Crippen LogP) is -0.134. The fraction of sp³-hybridized carbons (Fsp3) is 0.833. The Bertz CT molecular complexity index is 322. The van der Waals surface area contributed by atoms with Crippen LogP contribution in [0.25, 0.3) is 0 Å². The quantitative estimate of drug-likeness (QED) is 0.670. The fourth-order valence-corrected chi connectivity index (χ4v) is 2.98. The summed E-state index contributed by atoms with van der Waals surface area (Å²) >= 11 is 0. The van der Waals surface area contributed by atoms with E-state index in [0.717, 1.165) is 38.9 Å². The molecule has 0 aliphatic carbocycles. The topological polar surface area (TPSA) is 61.4 Å². The minimum absolute atomic E-state index is 0.0371. The van der Waals surface area contributed by atoms with Crippen molar-refractivity contribution in [2.75, 3.05) is 19.6 Å². The molecule has 0 unspecified atom stereocenters. The van der Waals surface area contributed by atoms with Crippen molar-refractivity contribution in [1.82, 2.24) is 15.5 Å². The number of amides is 2. The number of nitrogens with one attached hydrogen (secondary N) is 2. The third-order valence-electron chi connectivity index (χ3n) is 3.93. The summed E-state index contributed by atoms with van der Waals surface area (Å²) in [4.78, 5) is 24.2. The summed E-state index contributed by atoms with van der Waals surface area (Å²) in [6.45, 7) is 5.69. The van der Waals surface area contributed by atoms with E-state index in [1.165, 1.54) is 0 Å². The fourth-order valence-electron chi connectivity index (χ4n) is 2.98. The van der Waals surface area contributed by atoms with Crippen LogP contribution >= 0.6 is 0 Å². The molecule has 0 aromatic rings. The van der Waals surface area contributed by atoms with Crippen LogP contribution in [-0.2, 0) is 9.59 Å². The number of hydrogen-bond donors (Lipinski definition) is 2. The standard InChI is InChI=1S/C12H21N3O2/c1-9(16)14-11-7-12(13-8-11)3-5-15(6-4-12)10(2)17/h11,13H,3-8H2,1-2H3,(H,14,16)/t11-/m0/s1. The highest BCUT2D eigenvalue weighted by Crippen LogP contribution is 2.31. The average Bonchev–Trinajstić information content (AvgIpc) is 2.61. The Kier molecular flexibility index (Phi) is 3.38. The molecule has 0 aromatic heterocycles. The van der Waals surface area contributed by atoms with Gasteiger partial charge in [0.15, 0.2) is 0 Å². The SMILES string of the molecule is CC(=O)N[C@@H]1CNC2(CCN(C(C)=O)CC2)C1. The van der Waals surface area contributed by atoms with Gasteiger partial charge in [-0.25, -0.2) is 0 Å². The summed E-state index contributed by atoms with van der Waals surface area (Å²) in [5, 5.41) is 6.50. The number of nitrogens with zero attached hydrogens (tertiary/aromatic N) is 1. The van der Waals surface area contributed by atoms with Crippen LogP contribution in [-0.4, -0.2) is 47.9 Å². The Morgan fingerprint density at radius 1 is 1.29 bits per heavy atom. The van der Waals surface area contributed by atoms with Gasteiger partial charge in [0.05, 0.1) is 0 Å². The Hall–Kier alpha value is -1.10. The molecule has 5 nitrogen and oxygen atoms in total. The third-order valence-corrected chi connectivity index (χ3v) is 3.93. The molecule has 0 radical (unpaired) electrons. The number of carbonyl (C=O) groups is 2. The molecule has 0 saturated carbocycles. The second-order valence-corrected chi connectivity index (χ2v) is 5.27. The Morgan fingerprint density at radius 2 is 1.94 bits per heavy atom. The third kappa shape index (κ3) is 2.77. The maximum Gasteiger partial charge on any atom is 0.219 e. The lowest BCUT2D eigenvalue weighted by Gasteiger charge is -2.39. The van der Waals surface area contributed by atoms with Crippen molar-refractivity contribution in [3.05, 3.63) is 0 Å². The molecule has 2 fully saturated rings. The van der Waals surface area contributed by atoms with Gasteiger partial charge in [-0.2, -0.15) is 0 Å². The van der Waals surface area contributed by atoms with Crippen LogP contribution in [0.2, 0.25) is 0 Å². The highest BCUT2D eigenvalue weighted by Gasteiger charge is 2.41. The Labute approximate surface area is 102 Å². The number of piperidine rings is 1. The van der Waals surface area contributed by atoms with E-state index < -0.39 is 0 Å². The van der Waals surface area contributed by atoms with Crippen LogP contribution in [0.15, 0.2) is 0 Å². The second kappa shape index (κ2) is 4.64.